The molecule has 1 atom stereocenters. The predicted molar refractivity (Wildman–Crippen MR) is 66.0 cm³/mol. The summed E-state index contributed by atoms with van der Waals surface area (Å²) >= 11 is 14.9. The molecule has 0 fully saturated rings. The minimum absolute atomic E-state index is 0.0883. The average Bonchev–Trinajstić information content (AvgIpc) is 2.49. The van der Waals surface area contributed by atoms with Crippen LogP contribution in [-0.4, -0.2) is 20.7 Å². The topological polar surface area (TPSA) is 12.9 Å². The molecular formula is C7H5BrCl2F3NS2. The van der Waals surface area contributed by atoms with E-state index in [0.717, 1.165) is 11.8 Å². The SMILES string of the molecule is FC(F)(Br)C(F)(Cl)CCSc1ncc(Cl)s1. The van der Waals surface area contributed by atoms with E-state index < -0.39 is 16.4 Å². The van der Waals surface area contributed by atoms with Crippen molar-refractivity contribution in [2.75, 3.05) is 5.75 Å². The van der Waals surface area contributed by atoms with Crippen molar-refractivity contribution in [2.24, 2.45) is 0 Å². The third kappa shape index (κ3) is 4.25. The molecule has 0 aromatic carbocycles. The second-order valence-electron chi connectivity index (χ2n) is 2.73. The van der Waals surface area contributed by atoms with Crippen molar-refractivity contribution >= 4 is 62.2 Å². The van der Waals surface area contributed by atoms with Gasteiger partial charge in [0.15, 0.2) is 4.34 Å². The van der Waals surface area contributed by atoms with Crippen LogP contribution < -0.4 is 0 Å². The molecule has 1 rings (SSSR count). The maximum absolute atomic E-state index is 13.2. The molecule has 1 nitrogen and oxygen atoms in total. The van der Waals surface area contributed by atoms with Crippen LogP contribution in [0, 0.1) is 0 Å². The Morgan fingerprint density at radius 2 is 2.12 bits per heavy atom. The molecule has 16 heavy (non-hydrogen) atoms. The first kappa shape index (κ1) is 14.9. The Morgan fingerprint density at radius 1 is 1.50 bits per heavy atom. The maximum Gasteiger partial charge on any atom is 0.348 e. The van der Waals surface area contributed by atoms with E-state index in [1.54, 1.807) is 0 Å². The molecule has 0 bridgehead atoms. The van der Waals surface area contributed by atoms with Gasteiger partial charge in [-0.05, 0) is 15.9 Å². The highest BCUT2D eigenvalue weighted by molar-refractivity contribution is 9.10. The molecule has 0 aliphatic carbocycles. The summed E-state index contributed by atoms with van der Waals surface area (Å²) in [6.45, 7) is 0. The molecule has 0 saturated carbocycles. The van der Waals surface area contributed by atoms with E-state index in [1.807, 2.05) is 15.9 Å². The Kier molecular flexibility index (Phi) is 5.25. The van der Waals surface area contributed by atoms with Crippen molar-refractivity contribution in [3.05, 3.63) is 10.5 Å². The predicted octanol–water partition coefficient (Wildman–Crippen LogP) is 5.17. The van der Waals surface area contributed by atoms with E-state index in [0.29, 0.717) is 8.68 Å². The molecule has 1 aromatic heterocycles. The summed E-state index contributed by atoms with van der Waals surface area (Å²) in [5.41, 5.74) is 0. The molecule has 9 heteroatoms. The highest BCUT2D eigenvalue weighted by Gasteiger charge is 2.51. The van der Waals surface area contributed by atoms with Crippen LogP contribution in [0.3, 0.4) is 0 Å². The number of nitrogens with zero attached hydrogens (tertiary/aromatic N) is 1. The van der Waals surface area contributed by atoms with Crippen molar-refractivity contribution in [3.8, 4) is 0 Å². The van der Waals surface area contributed by atoms with Crippen molar-refractivity contribution in [3.63, 3.8) is 0 Å². The Balaban J connectivity index is 2.41. The van der Waals surface area contributed by atoms with Crippen LogP contribution in [0.4, 0.5) is 13.2 Å². The Bertz CT molecular complexity index is 356. The summed E-state index contributed by atoms with van der Waals surface area (Å²) in [4.78, 5) is 0.135. The van der Waals surface area contributed by atoms with Gasteiger partial charge in [-0.3, -0.25) is 0 Å². The van der Waals surface area contributed by atoms with E-state index >= 15 is 0 Å². The van der Waals surface area contributed by atoms with Crippen LogP contribution in [0.1, 0.15) is 6.42 Å². The first-order valence-electron chi connectivity index (χ1n) is 3.91. The highest BCUT2D eigenvalue weighted by Crippen LogP contribution is 2.44. The van der Waals surface area contributed by atoms with E-state index in [-0.39, 0.29) is 5.75 Å². The van der Waals surface area contributed by atoms with Gasteiger partial charge in [0.1, 0.15) is 4.34 Å². The van der Waals surface area contributed by atoms with Crippen LogP contribution in [0.25, 0.3) is 0 Å². The third-order valence-corrected chi connectivity index (χ3v) is 5.07. The molecular weight excluding hydrogens is 370 g/mol. The zero-order valence-electron chi connectivity index (χ0n) is 7.52. The fourth-order valence-electron chi connectivity index (χ4n) is 0.715. The van der Waals surface area contributed by atoms with Gasteiger partial charge in [0, 0.05) is 12.2 Å². The van der Waals surface area contributed by atoms with Gasteiger partial charge in [0.05, 0.1) is 6.20 Å². The zero-order valence-corrected chi connectivity index (χ0v) is 12.3. The van der Waals surface area contributed by atoms with Crippen LogP contribution in [0.15, 0.2) is 10.5 Å². The van der Waals surface area contributed by atoms with E-state index in [1.165, 1.54) is 17.5 Å². The highest BCUT2D eigenvalue weighted by atomic mass is 79.9. The second-order valence-corrected chi connectivity index (χ2v) is 7.33. The van der Waals surface area contributed by atoms with Gasteiger partial charge >= 0.3 is 4.83 Å². The zero-order chi connectivity index (χ0) is 12.4. The lowest BCUT2D eigenvalue weighted by Crippen LogP contribution is -2.34. The molecule has 0 amide bonds. The van der Waals surface area contributed by atoms with E-state index in [4.69, 9.17) is 23.2 Å². The van der Waals surface area contributed by atoms with Crippen LogP contribution >= 0.6 is 62.2 Å². The maximum atomic E-state index is 13.2. The molecule has 0 N–H and O–H groups in total. The summed E-state index contributed by atoms with van der Waals surface area (Å²) in [5.74, 6) is 0.0883. The fraction of sp³-hybridized carbons (Fsp3) is 0.571. The number of alkyl halides is 5. The molecule has 1 unspecified atom stereocenters. The van der Waals surface area contributed by atoms with Crippen molar-refractivity contribution in [1.29, 1.82) is 0 Å². The van der Waals surface area contributed by atoms with Crippen molar-refractivity contribution in [2.45, 2.75) is 20.7 Å². The van der Waals surface area contributed by atoms with Gasteiger partial charge in [-0.15, -0.1) is 0 Å². The Labute approximate surface area is 117 Å². The number of hydrogen-bond donors (Lipinski definition) is 0. The number of rotatable bonds is 5. The number of thiazole rings is 1. The molecule has 1 heterocycles. The molecule has 92 valence electrons. The quantitative estimate of drug-likeness (QED) is 0.520. The smallest absolute Gasteiger partial charge is 0.237 e. The van der Waals surface area contributed by atoms with Crippen molar-refractivity contribution in [1.82, 2.24) is 4.98 Å². The van der Waals surface area contributed by atoms with Crippen molar-refractivity contribution < 1.29 is 13.2 Å². The lowest BCUT2D eigenvalue weighted by atomic mass is 10.3. The Morgan fingerprint density at radius 3 is 2.56 bits per heavy atom. The molecule has 0 saturated heterocycles. The van der Waals surface area contributed by atoms with Gasteiger partial charge < -0.3 is 0 Å². The fourth-order valence-corrected chi connectivity index (χ4v) is 3.34. The van der Waals surface area contributed by atoms with Gasteiger partial charge in [-0.1, -0.05) is 46.3 Å². The summed E-state index contributed by atoms with van der Waals surface area (Å²) in [6.07, 6.45) is 0.936. The molecule has 0 spiro atoms. The van der Waals surface area contributed by atoms with Gasteiger partial charge in [0.25, 0.3) is 5.13 Å². The largest absolute Gasteiger partial charge is 0.348 e. The monoisotopic (exact) mass is 373 g/mol. The lowest BCUT2D eigenvalue weighted by molar-refractivity contribution is -0.00615. The second kappa shape index (κ2) is 5.65. The molecule has 0 aliphatic rings. The summed E-state index contributed by atoms with van der Waals surface area (Å²) in [5, 5.41) is -3.10. The van der Waals surface area contributed by atoms with E-state index in [2.05, 4.69) is 4.98 Å². The van der Waals surface area contributed by atoms with Gasteiger partial charge in [0.2, 0.25) is 0 Å². The minimum Gasteiger partial charge on any atom is -0.237 e. The number of thioether (sulfide) groups is 1. The molecule has 1 aromatic rings. The summed E-state index contributed by atoms with van der Waals surface area (Å²) < 4.78 is 39.5. The summed E-state index contributed by atoms with van der Waals surface area (Å²) in [6, 6.07) is 0. The van der Waals surface area contributed by atoms with Crippen LogP contribution in [-0.2, 0) is 0 Å². The van der Waals surface area contributed by atoms with Crippen LogP contribution in [0.5, 0.6) is 0 Å². The summed E-state index contributed by atoms with van der Waals surface area (Å²) in [7, 11) is 0. The lowest BCUT2D eigenvalue weighted by Gasteiger charge is -2.22. The Hall–Kier alpha value is 0.830. The first-order chi connectivity index (χ1) is 7.22. The molecule has 0 radical (unpaired) electrons. The third-order valence-electron chi connectivity index (χ3n) is 1.51. The van der Waals surface area contributed by atoms with E-state index in [9.17, 15) is 13.2 Å². The normalized spacial score (nSPS) is 16.1. The molecule has 0 aliphatic heterocycles. The standard InChI is InChI=1S/C7H5BrCl2F3NS2/c8-7(12,13)6(10,11)1-2-15-5-14-3-4(9)16-5/h3H,1-2H2. The first-order valence-corrected chi connectivity index (χ1v) is 7.26. The van der Waals surface area contributed by atoms with Crippen LogP contribution in [0.2, 0.25) is 4.34 Å². The number of hydrogen-bond acceptors (Lipinski definition) is 3. The van der Waals surface area contributed by atoms with Gasteiger partial charge in [-0.2, -0.15) is 8.78 Å². The van der Waals surface area contributed by atoms with Gasteiger partial charge in [-0.25, -0.2) is 9.37 Å². The number of aromatic nitrogens is 1. The number of halogens is 6. The average molecular weight is 375 g/mol. The minimum atomic E-state index is -3.75.